The Morgan fingerprint density at radius 2 is 1.82 bits per heavy atom. The van der Waals surface area contributed by atoms with Crippen molar-refractivity contribution in [2.24, 2.45) is 0 Å². The number of fused-ring (bicyclic) bond motifs is 1. The highest BCUT2D eigenvalue weighted by atomic mass is 32.2. The highest BCUT2D eigenvalue weighted by molar-refractivity contribution is 7.93. The molecule has 0 saturated carbocycles. The van der Waals surface area contributed by atoms with Crippen LogP contribution >= 0.6 is 0 Å². The maximum atomic E-state index is 13.0. The van der Waals surface area contributed by atoms with Gasteiger partial charge in [0.2, 0.25) is 0 Å². The highest BCUT2D eigenvalue weighted by Gasteiger charge is 2.42. The quantitative estimate of drug-likeness (QED) is 0.843. The van der Waals surface area contributed by atoms with Crippen LogP contribution in [0.1, 0.15) is 31.4 Å². The molecule has 116 valence electrons. The van der Waals surface area contributed by atoms with Gasteiger partial charge in [0.25, 0.3) is 10.0 Å². The van der Waals surface area contributed by atoms with Gasteiger partial charge in [-0.15, -0.1) is 0 Å². The van der Waals surface area contributed by atoms with Crippen LogP contribution in [0.5, 0.6) is 0 Å². The smallest absolute Gasteiger partial charge is 0.264 e. The molecule has 2 aromatic carbocycles. The van der Waals surface area contributed by atoms with E-state index in [4.69, 9.17) is 0 Å². The van der Waals surface area contributed by atoms with Crippen LogP contribution in [-0.2, 0) is 15.4 Å². The second-order valence-corrected chi connectivity index (χ2v) is 8.09. The zero-order valence-corrected chi connectivity index (χ0v) is 14.0. The van der Waals surface area contributed by atoms with Crippen molar-refractivity contribution in [2.75, 3.05) is 10.8 Å². The number of hydrogen-bond donors (Lipinski definition) is 0. The minimum absolute atomic E-state index is 0.178. The molecule has 0 amide bonds. The number of anilines is 1. The van der Waals surface area contributed by atoms with Crippen LogP contribution in [0.15, 0.2) is 53.4 Å². The van der Waals surface area contributed by atoms with Crippen molar-refractivity contribution in [1.82, 2.24) is 0 Å². The van der Waals surface area contributed by atoms with Gasteiger partial charge in [0.1, 0.15) is 0 Å². The summed E-state index contributed by atoms with van der Waals surface area (Å²) in [6, 6.07) is 15.0. The van der Waals surface area contributed by atoms with Crippen LogP contribution in [0.2, 0.25) is 0 Å². The van der Waals surface area contributed by atoms with Gasteiger partial charge in [0, 0.05) is 12.0 Å². The van der Waals surface area contributed by atoms with Crippen molar-refractivity contribution in [3.05, 3.63) is 59.7 Å². The average Bonchev–Trinajstić information content (AvgIpc) is 2.52. The number of aryl methyl sites for hydroxylation is 1. The molecule has 3 nitrogen and oxygen atoms in total. The van der Waals surface area contributed by atoms with Crippen molar-refractivity contribution >= 4 is 15.7 Å². The topological polar surface area (TPSA) is 37.4 Å². The molecule has 22 heavy (non-hydrogen) atoms. The van der Waals surface area contributed by atoms with Crippen molar-refractivity contribution in [2.45, 2.75) is 37.5 Å². The SMILES string of the molecule is CCC1(C)CN(c2ccccc2)S(=O)(=O)c2ccc(C)cc21. The van der Waals surface area contributed by atoms with E-state index in [9.17, 15) is 8.42 Å². The Bertz CT molecular complexity index is 799. The molecule has 1 aliphatic rings. The first kappa shape index (κ1) is 15.1. The third-order valence-corrected chi connectivity index (χ3v) is 6.50. The molecule has 0 aromatic heterocycles. The largest absolute Gasteiger partial charge is 0.265 e. The number of rotatable bonds is 2. The molecule has 0 aliphatic carbocycles. The van der Waals surface area contributed by atoms with E-state index in [1.807, 2.05) is 49.4 Å². The Kier molecular flexibility index (Phi) is 3.52. The number of para-hydroxylation sites is 1. The molecule has 3 rings (SSSR count). The van der Waals surface area contributed by atoms with Gasteiger partial charge < -0.3 is 0 Å². The molecule has 0 bridgehead atoms. The summed E-state index contributed by atoms with van der Waals surface area (Å²) in [5.74, 6) is 0. The number of nitrogens with zero attached hydrogens (tertiary/aromatic N) is 1. The second kappa shape index (κ2) is 5.13. The predicted octanol–water partition coefficient (Wildman–Crippen LogP) is 3.87. The lowest BCUT2D eigenvalue weighted by Crippen LogP contribution is -2.47. The highest BCUT2D eigenvalue weighted by Crippen LogP contribution is 2.42. The van der Waals surface area contributed by atoms with Crippen LogP contribution < -0.4 is 4.31 Å². The maximum Gasteiger partial charge on any atom is 0.264 e. The number of hydrogen-bond acceptors (Lipinski definition) is 2. The molecule has 1 atom stereocenters. The summed E-state index contributed by atoms with van der Waals surface area (Å²) in [6.07, 6.45) is 0.891. The molecule has 0 saturated heterocycles. The van der Waals surface area contributed by atoms with Crippen LogP contribution in [0.25, 0.3) is 0 Å². The standard InChI is InChI=1S/C18H21NO2S/c1-4-18(3)13-19(15-8-6-5-7-9-15)22(20,21)17-11-10-14(2)12-16(17)18/h5-12H,4,13H2,1-3H3. The van der Waals surface area contributed by atoms with Gasteiger partial charge in [-0.1, -0.05) is 49.7 Å². The molecular formula is C18H21NO2S. The summed E-state index contributed by atoms with van der Waals surface area (Å²) < 4.78 is 27.6. The summed E-state index contributed by atoms with van der Waals surface area (Å²) in [6.45, 7) is 6.75. The fourth-order valence-corrected chi connectivity index (χ4v) is 4.99. The fourth-order valence-electron chi connectivity index (χ4n) is 3.07. The Morgan fingerprint density at radius 1 is 1.14 bits per heavy atom. The number of sulfonamides is 1. The zero-order chi connectivity index (χ0) is 16.0. The molecule has 0 radical (unpaired) electrons. The molecule has 1 unspecified atom stereocenters. The van der Waals surface area contributed by atoms with Crippen LogP contribution in [-0.4, -0.2) is 15.0 Å². The summed E-state index contributed by atoms with van der Waals surface area (Å²) in [7, 11) is -3.50. The lowest BCUT2D eigenvalue weighted by atomic mass is 9.79. The molecule has 2 aromatic rings. The summed E-state index contributed by atoms with van der Waals surface area (Å²) in [5, 5.41) is 0. The van der Waals surface area contributed by atoms with Crippen molar-refractivity contribution < 1.29 is 8.42 Å². The Balaban J connectivity index is 2.25. The lowest BCUT2D eigenvalue weighted by molar-refractivity contribution is 0.440. The first-order valence-electron chi connectivity index (χ1n) is 7.57. The van der Waals surface area contributed by atoms with Gasteiger partial charge in [-0.05, 0) is 37.1 Å². The summed E-state index contributed by atoms with van der Waals surface area (Å²) >= 11 is 0. The third-order valence-electron chi connectivity index (χ3n) is 4.67. The Hall–Kier alpha value is -1.81. The molecular weight excluding hydrogens is 294 g/mol. The zero-order valence-electron chi connectivity index (χ0n) is 13.2. The molecule has 4 heteroatoms. The predicted molar refractivity (Wildman–Crippen MR) is 89.8 cm³/mol. The monoisotopic (exact) mass is 315 g/mol. The summed E-state index contributed by atoms with van der Waals surface area (Å²) in [4.78, 5) is 0.442. The Morgan fingerprint density at radius 3 is 2.45 bits per heavy atom. The van der Waals surface area contributed by atoms with Gasteiger partial charge in [-0.2, -0.15) is 0 Å². The van der Waals surface area contributed by atoms with E-state index >= 15 is 0 Å². The van der Waals surface area contributed by atoms with Gasteiger partial charge in [-0.25, -0.2) is 8.42 Å². The van der Waals surface area contributed by atoms with E-state index < -0.39 is 10.0 Å². The van der Waals surface area contributed by atoms with E-state index in [2.05, 4.69) is 13.8 Å². The van der Waals surface area contributed by atoms with Gasteiger partial charge >= 0.3 is 0 Å². The van der Waals surface area contributed by atoms with Gasteiger partial charge in [0.05, 0.1) is 10.6 Å². The molecule has 0 spiro atoms. The van der Waals surface area contributed by atoms with E-state index in [1.54, 1.807) is 10.4 Å². The lowest BCUT2D eigenvalue weighted by Gasteiger charge is -2.42. The van der Waals surface area contributed by atoms with Gasteiger partial charge in [-0.3, -0.25) is 4.31 Å². The minimum atomic E-state index is -3.50. The van der Waals surface area contributed by atoms with Crippen LogP contribution in [0, 0.1) is 6.92 Å². The number of benzene rings is 2. The van der Waals surface area contributed by atoms with E-state index in [1.165, 1.54) is 0 Å². The maximum absolute atomic E-state index is 13.0. The normalized spacial score (nSPS) is 23.1. The van der Waals surface area contributed by atoms with E-state index in [0.29, 0.717) is 11.4 Å². The first-order chi connectivity index (χ1) is 10.4. The average molecular weight is 315 g/mol. The summed E-state index contributed by atoms with van der Waals surface area (Å²) in [5.41, 5.74) is 2.60. The first-order valence-corrected chi connectivity index (χ1v) is 9.01. The molecule has 1 aliphatic heterocycles. The molecule has 0 fully saturated rings. The van der Waals surface area contributed by atoms with Crippen LogP contribution in [0.4, 0.5) is 5.69 Å². The van der Waals surface area contributed by atoms with Gasteiger partial charge in [0.15, 0.2) is 0 Å². The third kappa shape index (κ3) is 2.22. The molecule has 1 heterocycles. The Labute approximate surface area is 132 Å². The van der Waals surface area contributed by atoms with Crippen LogP contribution in [0.3, 0.4) is 0 Å². The van der Waals surface area contributed by atoms with Crippen molar-refractivity contribution in [1.29, 1.82) is 0 Å². The minimum Gasteiger partial charge on any atom is -0.265 e. The van der Waals surface area contributed by atoms with E-state index in [0.717, 1.165) is 23.2 Å². The van der Waals surface area contributed by atoms with E-state index in [-0.39, 0.29) is 5.41 Å². The molecule has 0 N–H and O–H groups in total. The van der Waals surface area contributed by atoms with Crippen molar-refractivity contribution in [3.63, 3.8) is 0 Å². The van der Waals surface area contributed by atoms with Crippen molar-refractivity contribution in [3.8, 4) is 0 Å². The second-order valence-electron chi connectivity index (χ2n) is 6.26. The fraction of sp³-hybridized carbons (Fsp3) is 0.333.